The van der Waals surface area contributed by atoms with E-state index in [0.717, 1.165) is 17.9 Å². The molecular weight excluding hydrogens is 337 g/mol. The zero-order chi connectivity index (χ0) is 13.3. The van der Waals surface area contributed by atoms with E-state index in [1.54, 1.807) is 0 Å². The van der Waals surface area contributed by atoms with Crippen LogP contribution in [0.4, 0.5) is 5.69 Å². The maximum atomic E-state index is 4.43. The molecule has 0 radical (unpaired) electrons. The highest BCUT2D eigenvalue weighted by Crippen LogP contribution is 2.19. The zero-order valence-electron chi connectivity index (χ0n) is 11.2. The fraction of sp³-hybridized carbons (Fsp3) is 0.357. The molecule has 0 fully saturated rings. The van der Waals surface area contributed by atoms with Crippen LogP contribution in [0.2, 0.25) is 0 Å². The molecule has 0 aliphatic heterocycles. The van der Waals surface area contributed by atoms with Gasteiger partial charge in [0.05, 0.1) is 5.69 Å². The number of nitrogens with one attached hydrogen (secondary N) is 1. The van der Waals surface area contributed by atoms with Crippen molar-refractivity contribution in [3.63, 3.8) is 0 Å². The molecule has 0 amide bonds. The molecular formula is C14H18IN3. The first-order valence-corrected chi connectivity index (χ1v) is 7.06. The third kappa shape index (κ3) is 2.68. The fourth-order valence-corrected chi connectivity index (χ4v) is 2.48. The molecule has 0 saturated heterocycles. The van der Waals surface area contributed by atoms with E-state index in [2.05, 4.69) is 72.0 Å². The first-order chi connectivity index (χ1) is 8.49. The summed E-state index contributed by atoms with van der Waals surface area (Å²) in [4.78, 5) is 0. The van der Waals surface area contributed by atoms with Gasteiger partial charge in [-0.05, 0) is 61.1 Å². The summed E-state index contributed by atoms with van der Waals surface area (Å²) in [5.74, 6) is 0. The van der Waals surface area contributed by atoms with Gasteiger partial charge < -0.3 is 5.32 Å². The molecule has 0 unspecified atom stereocenters. The lowest BCUT2D eigenvalue weighted by atomic mass is 10.2. The molecule has 0 aliphatic rings. The lowest BCUT2D eigenvalue weighted by Gasteiger charge is -2.08. The molecule has 2 aromatic rings. The standard InChI is InChI=1S/C14H18IN3/c1-9-5-6-12(7-14(9)15)16-8-13-10(2)17-18(4)11(13)3/h5-7,16H,8H2,1-4H3. The van der Waals surface area contributed by atoms with Crippen molar-refractivity contribution in [1.29, 1.82) is 0 Å². The van der Waals surface area contributed by atoms with Crippen molar-refractivity contribution in [2.45, 2.75) is 27.3 Å². The number of halogens is 1. The molecule has 4 heteroatoms. The molecule has 1 aromatic heterocycles. The summed E-state index contributed by atoms with van der Waals surface area (Å²) in [6.45, 7) is 7.12. The van der Waals surface area contributed by atoms with Crippen molar-refractivity contribution in [1.82, 2.24) is 9.78 Å². The largest absolute Gasteiger partial charge is 0.381 e. The van der Waals surface area contributed by atoms with E-state index in [9.17, 15) is 0 Å². The quantitative estimate of drug-likeness (QED) is 0.854. The maximum absolute atomic E-state index is 4.43. The predicted octanol–water partition coefficient (Wildman–Crippen LogP) is 3.56. The van der Waals surface area contributed by atoms with Gasteiger partial charge in [0.1, 0.15) is 0 Å². The van der Waals surface area contributed by atoms with Crippen LogP contribution in [0.3, 0.4) is 0 Å². The van der Waals surface area contributed by atoms with Gasteiger partial charge in [-0.15, -0.1) is 0 Å². The highest BCUT2D eigenvalue weighted by atomic mass is 127. The number of hydrogen-bond donors (Lipinski definition) is 1. The third-order valence-corrected chi connectivity index (χ3v) is 4.46. The highest BCUT2D eigenvalue weighted by molar-refractivity contribution is 14.1. The number of aryl methyl sites for hydroxylation is 3. The summed E-state index contributed by atoms with van der Waals surface area (Å²) < 4.78 is 3.22. The minimum Gasteiger partial charge on any atom is -0.381 e. The van der Waals surface area contributed by atoms with Gasteiger partial charge in [-0.25, -0.2) is 0 Å². The van der Waals surface area contributed by atoms with Crippen molar-refractivity contribution in [3.8, 4) is 0 Å². The summed E-state index contributed by atoms with van der Waals surface area (Å²) >= 11 is 2.37. The third-order valence-electron chi connectivity index (χ3n) is 3.30. The molecule has 0 aliphatic carbocycles. The highest BCUT2D eigenvalue weighted by Gasteiger charge is 2.08. The first kappa shape index (κ1) is 13.4. The molecule has 1 N–H and O–H groups in total. The topological polar surface area (TPSA) is 29.9 Å². The number of benzene rings is 1. The molecule has 3 nitrogen and oxygen atoms in total. The van der Waals surface area contributed by atoms with Gasteiger partial charge in [-0.3, -0.25) is 4.68 Å². The Morgan fingerprint density at radius 3 is 2.56 bits per heavy atom. The van der Waals surface area contributed by atoms with Crippen LogP contribution < -0.4 is 5.32 Å². The molecule has 96 valence electrons. The second-order valence-electron chi connectivity index (χ2n) is 4.59. The Balaban J connectivity index is 2.14. The van der Waals surface area contributed by atoms with Crippen LogP contribution in [0, 0.1) is 24.3 Å². The Bertz CT molecular complexity index is 573. The zero-order valence-corrected chi connectivity index (χ0v) is 13.4. The van der Waals surface area contributed by atoms with Gasteiger partial charge in [-0.2, -0.15) is 5.10 Å². The summed E-state index contributed by atoms with van der Waals surface area (Å²) in [6.07, 6.45) is 0. The van der Waals surface area contributed by atoms with Gasteiger partial charge in [-0.1, -0.05) is 6.07 Å². The van der Waals surface area contributed by atoms with Gasteiger partial charge in [0.15, 0.2) is 0 Å². The second kappa shape index (κ2) is 5.30. The number of hydrogen-bond acceptors (Lipinski definition) is 2. The second-order valence-corrected chi connectivity index (χ2v) is 5.75. The number of nitrogens with zero attached hydrogens (tertiary/aromatic N) is 2. The molecule has 1 heterocycles. The molecule has 0 atom stereocenters. The summed E-state index contributed by atoms with van der Waals surface area (Å²) in [5, 5.41) is 7.90. The van der Waals surface area contributed by atoms with Gasteiger partial charge in [0, 0.05) is 34.1 Å². The summed E-state index contributed by atoms with van der Waals surface area (Å²) in [5.41, 5.74) is 6.08. The first-order valence-electron chi connectivity index (χ1n) is 5.98. The van der Waals surface area contributed by atoms with Crippen LogP contribution in [0.25, 0.3) is 0 Å². The lowest BCUT2D eigenvalue weighted by molar-refractivity contribution is 0.730. The Kier molecular flexibility index (Phi) is 3.94. The summed E-state index contributed by atoms with van der Waals surface area (Å²) in [7, 11) is 1.99. The molecule has 2 rings (SSSR count). The van der Waals surface area contributed by atoms with E-state index in [1.807, 2.05) is 11.7 Å². The molecule has 0 bridgehead atoms. The average molecular weight is 355 g/mol. The maximum Gasteiger partial charge on any atom is 0.0646 e. The average Bonchev–Trinajstić information content (AvgIpc) is 2.56. The number of aromatic nitrogens is 2. The van der Waals surface area contributed by atoms with Crippen molar-refractivity contribution in [2.24, 2.45) is 7.05 Å². The Morgan fingerprint density at radius 2 is 2.00 bits per heavy atom. The van der Waals surface area contributed by atoms with Crippen molar-refractivity contribution in [3.05, 3.63) is 44.3 Å². The van der Waals surface area contributed by atoms with Crippen LogP contribution in [0.15, 0.2) is 18.2 Å². The van der Waals surface area contributed by atoms with E-state index in [-0.39, 0.29) is 0 Å². The van der Waals surface area contributed by atoms with Crippen molar-refractivity contribution < 1.29 is 0 Å². The number of anilines is 1. The van der Waals surface area contributed by atoms with E-state index in [1.165, 1.54) is 20.4 Å². The molecule has 0 spiro atoms. The van der Waals surface area contributed by atoms with Gasteiger partial charge in [0.25, 0.3) is 0 Å². The fourth-order valence-electron chi connectivity index (χ4n) is 1.97. The van der Waals surface area contributed by atoms with Gasteiger partial charge >= 0.3 is 0 Å². The van der Waals surface area contributed by atoms with E-state index in [4.69, 9.17) is 0 Å². The minimum atomic E-state index is 0.824. The van der Waals surface area contributed by atoms with E-state index >= 15 is 0 Å². The van der Waals surface area contributed by atoms with Crippen molar-refractivity contribution in [2.75, 3.05) is 5.32 Å². The summed E-state index contributed by atoms with van der Waals surface area (Å²) in [6, 6.07) is 6.45. The molecule has 18 heavy (non-hydrogen) atoms. The van der Waals surface area contributed by atoms with E-state index < -0.39 is 0 Å². The van der Waals surface area contributed by atoms with Crippen LogP contribution >= 0.6 is 22.6 Å². The van der Waals surface area contributed by atoms with Gasteiger partial charge in [0.2, 0.25) is 0 Å². The Labute approximate surface area is 122 Å². The molecule has 0 saturated carbocycles. The number of rotatable bonds is 3. The SMILES string of the molecule is Cc1ccc(NCc2c(C)nn(C)c2C)cc1I. The lowest BCUT2D eigenvalue weighted by Crippen LogP contribution is -2.02. The minimum absolute atomic E-state index is 0.824. The van der Waals surface area contributed by atoms with Crippen LogP contribution in [0.1, 0.15) is 22.5 Å². The predicted molar refractivity (Wildman–Crippen MR) is 83.9 cm³/mol. The molecule has 1 aromatic carbocycles. The monoisotopic (exact) mass is 355 g/mol. The van der Waals surface area contributed by atoms with Crippen LogP contribution in [0.5, 0.6) is 0 Å². The smallest absolute Gasteiger partial charge is 0.0646 e. The Morgan fingerprint density at radius 1 is 1.28 bits per heavy atom. The van der Waals surface area contributed by atoms with E-state index in [0.29, 0.717) is 0 Å². The van der Waals surface area contributed by atoms with Crippen molar-refractivity contribution >= 4 is 28.3 Å². The van der Waals surface area contributed by atoms with Crippen LogP contribution in [-0.2, 0) is 13.6 Å². The Hall–Kier alpha value is -1.04. The van der Waals surface area contributed by atoms with Crippen LogP contribution in [-0.4, -0.2) is 9.78 Å². The normalized spacial score (nSPS) is 10.7.